The average molecular weight is 609 g/mol. The highest BCUT2D eigenvalue weighted by Gasteiger charge is 2.17. The van der Waals surface area contributed by atoms with Crippen molar-refractivity contribution in [3.05, 3.63) is 181 Å². The molecule has 0 atom stereocenters. The van der Waals surface area contributed by atoms with Gasteiger partial charge in [0.2, 0.25) is 0 Å². The first-order chi connectivity index (χ1) is 33.6. The van der Waals surface area contributed by atoms with E-state index in [2.05, 4.69) is 0 Å². The van der Waals surface area contributed by atoms with E-state index in [0.717, 1.165) is 0 Å². The van der Waals surface area contributed by atoms with Gasteiger partial charge in [0.25, 0.3) is 0 Å². The van der Waals surface area contributed by atoms with Crippen molar-refractivity contribution < 1.29 is 35.6 Å². The smallest absolute Gasteiger partial charge is 0.0622 e. The van der Waals surface area contributed by atoms with Crippen molar-refractivity contribution in [2.45, 2.75) is 0 Å². The van der Waals surface area contributed by atoms with E-state index in [1.807, 2.05) is 0 Å². The summed E-state index contributed by atoms with van der Waals surface area (Å²) in [5, 5.41) is -3.90. The fourth-order valence-corrected chi connectivity index (χ4v) is 5.55. The van der Waals surface area contributed by atoms with Crippen molar-refractivity contribution >= 4 is 43.1 Å². The maximum Gasteiger partial charge on any atom is 0.0636 e. The summed E-state index contributed by atoms with van der Waals surface area (Å²) in [5.41, 5.74) is -3.44. The molecule has 0 spiro atoms. The van der Waals surface area contributed by atoms with Gasteiger partial charge in [-0.1, -0.05) is 157 Å². The summed E-state index contributed by atoms with van der Waals surface area (Å²) >= 11 is 0. The zero-order valence-corrected chi connectivity index (χ0v) is 23.3. The van der Waals surface area contributed by atoms with E-state index in [9.17, 15) is 9.60 Å². The van der Waals surface area contributed by atoms with Gasteiger partial charge >= 0.3 is 0 Å². The minimum atomic E-state index is -0.861. The van der Waals surface area contributed by atoms with Crippen molar-refractivity contribution in [2.75, 3.05) is 0 Å². The Bertz CT molecular complexity index is 3940. The molecule has 0 saturated carbocycles. The lowest BCUT2D eigenvalue weighted by Crippen LogP contribution is -1.91. The number of fused-ring (bicyclic) bond motifs is 4. The van der Waals surface area contributed by atoms with E-state index in [4.69, 9.17) is 26.0 Å². The van der Waals surface area contributed by atoms with E-state index < -0.39 is 228 Å². The number of rotatable bonds is 4. The lowest BCUT2D eigenvalue weighted by atomic mass is 9.85. The van der Waals surface area contributed by atoms with Crippen molar-refractivity contribution in [1.29, 1.82) is 0 Å². The molecule has 0 saturated heterocycles. The van der Waals surface area contributed by atoms with Gasteiger partial charge in [-0.3, -0.25) is 0 Å². The highest BCUT2D eigenvalue weighted by molar-refractivity contribution is 6.21. The van der Waals surface area contributed by atoms with Crippen LogP contribution in [0.1, 0.15) is 35.6 Å². The fraction of sp³-hybridized carbons (Fsp3) is 0. The lowest BCUT2D eigenvalue weighted by Gasteiger charge is -2.18. The Hall–Kier alpha value is -5.98. The third-order valence-electron chi connectivity index (χ3n) is 7.50. The van der Waals surface area contributed by atoms with Crippen molar-refractivity contribution in [3.8, 4) is 44.5 Å². The Labute approximate surface area is 305 Å². The largest absolute Gasteiger partial charge is 0.0636 e. The van der Waals surface area contributed by atoms with E-state index in [0.29, 0.717) is 0 Å². The SMILES string of the molecule is [2H]c1c([2H])c([2H])c(-c2c3c([2H])c([2H])c([2H])c([2H])c3c(-c3cccc(-c4c([2H])c(-c5c([2H])c([2H])c6c([2H])c([2H])c([2H])c([2H])c6c5[2H])c([2H])c5c([2H])c([2H])c([2H])c([2H])c45)c3)c3c([2H])c([2H])c([2H])c([2H])c23)c([2H])c1[2H]. The molecular formula is C46H30. The maximum atomic E-state index is 9.83. The van der Waals surface area contributed by atoms with Crippen molar-refractivity contribution in [3.63, 3.8) is 0 Å². The summed E-state index contributed by atoms with van der Waals surface area (Å²) in [7, 11) is 0. The molecule has 0 nitrogen and oxygen atoms in total. The molecule has 0 unspecified atom stereocenters. The van der Waals surface area contributed by atoms with E-state index in [1.54, 1.807) is 0 Å². The van der Waals surface area contributed by atoms with Gasteiger partial charge in [-0.05, 0) is 112 Å². The molecule has 0 aliphatic carbocycles. The molecule has 9 aromatic carbocycles. The standard InChI is InChI=1S/C46H30/c1-2-14-32(15-3-1)45-40-21-8-10-23-42(40)46(43-24-11-9-22-41(43)45)37-19-12-18-36(28-37)44-30-38(29-35-17-6-7-20-39(35)44)34-26-25-31-13-4-5-16-33(31)27-34/h1-30H/i1D,2D,3D,4D,5D,6D,7D,8D,9D,10D,11D,13D,14D,15D,16D,17D,20D,21D,22D,23D,24D,25D,26D,27D,29D,30D. The van der Waals surface area contributed by atoms with Gasteiger partial charge in [0.1, 0.15) is 0 Å². The van der Waals surface area contributed by atoms with Gasteiger partial charge in [-0.15, -0.1) is 0 Å². The molecule has 0 aromatic heterocycles. The Morgan fingerprint density at radius 1 is 0.326 bits per heavy atom. The second-order valence-corrected chi connectivity index (χ2v) is 10.1. The molecule has 0 aliphatic heterocycles. The normalized spacial score (nSPS) is 19.4. The van der Waals surface area contributed by atoms with Crippen molar-refractivity contribution in [1.82, 2.24) is 0 Å². The molecule has 214 valence electrons. The molecule has 0 N–H and O–H groups in total. The van der Waals surface area contributed by atoms with Gasteiger partial charge < -0.3 is 0 Å². The van der Waals surface area contributed by atoms with Crippen LogP contribution < -0.4 is 0 Å². The Balaban J connectivity index is 1.52. The molecule has 46 heavy (non-hydrogen) atoms. The lowest BCUT2D eigenvalue weighted by molar-refractivity contribution is 1.62. The quantitative estimate of drug-likeness (QED) is 0.174. The molecule has 0 heteroatoms. The number of benzene rings is 9. The van der Waals surface area contributed by atoms with Crippen LogP contribution in [0.2, 0.25) is 0 Å². The second-order valence-electron chi connectivity index (χ2n) is 10.1. The summed E-state index contributed by atoms with van der Waals surface area (Å²) in [4.78, 5) is 0. The van der Waals surface area contributed by atoms with Crippen LogP contribution in [-0.2, 0) is 0 Å². The van der Waals surface area contributed by atoms with Crippen molar-refractivity contribution in [2.24, 2.45) is 0 Å². The van der Waals surface area contributed by atoms with Gasteiger partial charge in [-0.25, -0.2) is 0 Å². The minimum Gasteiger partial charge on any atom is -0.0622 e. The molecule has 0 amide bonds. The summed E-state index contributed by atoms with van der Waals surface area (Å²) in [6, 6.07) is -15.8. The zero-order chi connectivity index (χ0) is 53.1. The van der Waals surface area contributed by atoms with Gasteiger partial charge in [0.15, 0.2) is 0 Å². The summed E-state index contributed by atoms with van der Waals surface area (Å²) in [6.45, 7) is 0. The summed E-state index contributed by atoms with van der Waals surface area (Å²) in [5.74, 6) is 0. The van der Waals surface area contributed by atoms with Gasteiger partial charge in [0.05, 0.1) is 35.6 Å². The molecular weight excluding hydrogens is 553 g/mol. The molecule has 0 radical (unpaired) electrons. The monoisotopic (exact) mass is 608 g/mol. The first-order valence-corrected chi connectivity index (χ1v) is 13.8. The zero-order valence-electron chi connectivity index (χ0n) is 49.3. The van der Waals surface area contributed by atoms with Gasteiger partial charge in [-0.2, -0.15) is 0 Å². The van der Waals surface area contributed by atoms with Crippen LogP contribution in [0.4, 0.5) is 0 Å². The van der Waals surface area contributed by atoms with E-state index >= 15 is 0 Å². The highest BCUT2D eigenvalue weighted by atomic mass is 14.2. The third-order valence-corrected chi connectivity index (χ3v) is 7.50. The van der Waals surface area contributed by atoms with Crippen LogP contribution in [0.5, 0.6) is 0 Å². The number of hydrogen-bond acceptors (Lipinski definition) is 0. The van der Waals surface area contributed by atoms with Crippen LogP contribution >= 0.6 is 0 Å². The highest BCUT2D eigenvalue weighted by Crippen LogP contribution is 2.44. The topological polar surface area (TPSA) is 0 Å². The van der Waals surface area contributed by atoms with E-state index in [-0.39, 0.29) is 16.7 Å². The predicted molar refractivity (Wildman–Crippen MR) is 198 cm³/mol. The molecule has 0 aliphatic rings. The first-order valence-electron chi connectivity index (χ1n) is 26.8. The Kier molecular flexibility index (Phi) is 2.63. The molecule has 9 aromatic rings. The minimum absolute atomic E-state index is 0.118. The van der Waals surface area contributed by atoms with Crippen LogP contribution in [0.25, 0.3) is 87.6 Å². The summed E-state index contributed by atoms with van der Waals surface area (Å²) < 4.78 is 231. The van der Waals surface area contributed by atoms with Crippen LogP contribution in [-0.4, -0.2) is 0 Å². The van der Waals surface area contributed by atoms with Crippen LogP contribution in [0.15, 0.2) is 181 Å². The molecule has 9 rings (SSSR count). The maximum absolute atomic E-state index is 9.83. The molecule has 0 heterocycles. The number of hydrogen-bond donors (Lipinski definition) is 0. The van der Waals surface area contributed by atoms with Gasteiger partial charge in [0, 0.05) is 0 Å². The fourth-order valence-electron chi connectivity index (χ4n) is 5.55. The predicted octanol–water partition coefficient (Wildman–Crippen LogP) is 13.0. The third kappa shape index (κ3) is 4.38. The Morgan fingerprint density at radius 2 is 0.848 bits per heavy atom. The second kappa shape index (κ2) is 10.9. The van der Waals surface area contributed by atoms with E-state index in [1.165, 1.54) is 24.3 Å². The molecule has 0 fully saturated rings. The van der Waals surface area contributed by atoms with Crippen LogP contribution in [0.3, 0.4) is 0 Å². The van der Waals surface area contributed by atoms with Crippen LogP contribution in [0, 0.1) is 0 Å². The average Bonchev–Trinajstić information content (AvgIpc) is 3.35. The first kappa shape index (κ1) is 11.1. The summed E-state index contributed by atoms with van der Waals surface area (Å²) in [6.07, 6.45) is 0. The molecule has 0 bridgehead atoms. The Morgan fingerprint density at radius 3 is 1.54 bits per heavy atom.